The van der Waals surface area contributed by atoms with Crippen LogP contribution < -0.4 is 14.8 Å². The summed E-state index contributed by atoms with van der Waals surface area (Å²) in [5.74, 6) is 1.31. The largest absolute Gasteiger partial charge is 0.496 e. The number of carbonyl (C=O) groups is 1. The molecule has 1 aliphatic rings. The van der Waals surface area contributed by atoms with E-state index in [-0.39, 0.29) is 11.9 Å². The molecule has 1 saturated heterocycles. The number of H-pyrrole nitrogens is 1. The maximum absolute atomic E-state index is 12.4. The zero-order chi connectivity index (χ0) is 15.7. The molecular weight excluding hydrogens is 282 g/mol. The van der Waals surface area contributed by atoms with Crippen LogP contribution >= 0.6 is 0 Å². The second kappa shape index (κ2) is 5.88. The quantitative estimate of drug-likeness (QED) is 0.901. The number of nitrogens with zero attached hydrogens (tertiary/aromatic N) is 1. The van der Waals surface area contributed by atoms with E-state index in [1.165, 1.54) is 0 Å². The van der Waals surface area contributed by atoms with Crippen LogP contribution in [0.3, 0.4) is 0 Å². The number of fused-ring (bicyclic) bond motifs is 1. The zero-order valence-electron chi connectivity index (χ0n) is 13.1. The van der Waals surface area contributed by atoms with Gasteiger partial charge in [-0.3, -0.25) is 4.79 Å². The van der Waals surface area contributed by atoms with Gasteiger partial charge in [-0.05, 0) is 38.2 Å². The number of nitrogens with one attached hydrogen (secondary N) is 2. The van der Waals surface area contributed by atoms with E-state index in [0.29, 0.717) is 17.2 Å². The molecule has 3 rings (SSSR count). The molecular formula is C16H21N3O3. The van der Waals surface area contributed by atoms with Gasteiger partial charge in [-0.15, -0.1) is 0 Å². The van der Waals surface area contributed by atoms with Crippen molar-refractivity contribution in [2.75, 3.05) is 34.4 Å². The predicted molar refractivity (Wildman–Crippen MR) is 84.8 cm³/mol. The number of benzene rings is 1. The molecule has 0 saturated carbocycles. The van der Waals surface area contributed by atoms with E-state index < -0.39 is 0 Å². The highest BCUT2D eigenvalue weighted by Crippen LogP contribution is 2.33. The first-order valence-corrected chi connectivity index (χ1v) is 7.35. The fraction of sp³-hybridized carbons (Fsp3) is 0.438. The lowest BCUT2D eigenvalue weighted by molar-refractivity contribution is 0.0934. The van der Waals surface area contributed by atoms with Crippen molar-refractivity contribution in [3.05, 3.63) is 23.9 Å². The van der Waals surface area contributed by atoms with Gasteiger partial charge in [0, 0.05) is 18.0 Å². The maximum atomic E-state index is 12.4. The molecule has 0 spiro atoms. The Morgan fingerprint density at radius 1 is 1.32 bits per heavy atom. The summed E-state index contributed by atoms with van der Waals surface area (Å²) < 4.78 is 10.7. The average molecular weight is 303 g/mol. The molecule has 2 heterocycles. The first kappa shape index (κ1) is 14.7. The molecule has 2 aromatic rings. The molecule has 1 aromatic heterocycles. The number of likely N-dealkylation sites (N-methyl/N-ethyl adjacent to an activating group) is 1. The lowest BCUT2D eigenvalue weighted by Gasteiger charge is -2.11. The molecule has 1 aliphatic heterocycles. The van der Waals surface area contributed by atoms with Crippen molar-refractivity contribution < 1.29 is 14.3 Å². The Morgan fingerprint density at radius 3 is 2.68 bits per heavy atom. The lowest BCUT2D eigenvalue weighted by Crippen LogP contribution is -2.36. The number of hydrogen-bond acceptors (Lipinski definition) is 4. The van der Waals surface area contributed by atoms with Crippen LogP contribution in [0.5, 0.6) is 11.5 Å². The third kappa shape index (κ3) is 2.62. The monoisotopic (exact) mass is 303 g/mol. The van der Waals surface area contributed by atoms with Gasteiger partial charge >= 0.3 is 0 Å². The highest BCUT2D eigenvalue weighted by atomic mass is 16.5. The molecule has 6 heteroatoms. The molecule has 0 bridgehead atoms. The van der Waals surface area contributed by atoms with Crippen LogP contribution in [0, 0.1) is 0 Å². The summed E-state index contributed by atoms with van der Waals surface area (Å²) in [5.41, 5.74) is 1.29. The minimum atomic E-state index is -0.0967. The van der Waals surface area contributed by atoms with Gasteiger partial charge in [0.05, 0.1) is 19.7 Å². The summed E-state index contributed by atoms with van der Waals surface area (Å²) in [6.07, 6.45) is 0.981. The van der Waals surface area contributed by atoms with Crippen molar-refractivity contribution in [1.29, 1.82) is 0 Å². The number of methoxy groups -OCH3 is 2. The number of likely N-dealkylation sites (tertiary alicyclic amines) is 1. The molecule has 22 heavy (non-hydrogen) atoms. The van der Waals surface area contributed by atoms with Gasteiger partial charge in [0.1, 0.15) is 17.2 Å². The van der Waals surface area contributed by atoms with E-state index in [1.54, 1.807) is 14.2 Å². The van der Waals surface area contributed by atoms with Gasteiger partial charge in [-0.1, -0.05) is 0 Å². The Balaban J connectivity index is 1.89. The van der Waals surface area contributed by atoms with Gasteiger partial charge in [0.15, 0.2) is 0 Å². The minimum absolute atomic E-state index is 0.0967. The SMILES string of the molecule is COc1ccc(OC)c2[nH]c(C(=O)N[C@@H]3CCN(C)C3)cc12. The van der Waals surface area contributed by atoms with Crippen molar-refractivity contribution in [3.8, 4) is 11.5 Å². The van der Waals surface area contributed by atoms with E-state index in [1.807, 2.05) is 18.2 Å². The molecule has 1 atom stereocenters. The highest BCUT2D eigenvalue weighted by Gasteiger charge is 2.23. The fourth-order valence-corrected chi connectivity index (χ4v) is 2.95. The number of aromatic amines is 1. The predicted octanol–water partition coefficient (Wildman–Crippen LogP) is 1.62. The Labute approximate surface area is 129 Å². The smallest absolute Gasteiger partial charge is 0.267 e. The summed E-state index contributed by atoms with van der Waals surface area (Å²) in [6, 6.07) is 5.67. The van der Waals surface area contributed by atoms with Crippen LogP contribution in [0.2, 0.25) is 0 Å². The number of hydrogen-bond donors (Lipinski definition) is 2. The Morgan fingerprint density at radius 2 is 2.05 bits per heavy atom. The Kier molecular flexibility index (Phi) is 3.94. The van der Waals surface area contributed by atoms with Gasteiger partial charge in [0.25, 0.3) is 5.91 Å². The van der Waals surface area contributed by atoms with Crippen LogP contribution in [0.1, 0.15) is 16.9 Å². The number of carbonyl (C=O) groups excluding carboxylic acids is 1. The van der Waals surface area contributed by atoms with Crippen LogP contribution in [0.15, 0.2) is 18.2 Å². The van der Waals surface area contributed by atoms with E-state index in [0.717, 1.165) is 30.4 Å². The third-order valence-corrected chi connectivity index (χ3v) is 4.13. The molecule has 0 aliphatic carbocycles. The normalized spacial score (nSPS) is 18.6. The van der Waals surface area contributed by atoms with Crippen LogP contribution in [-0.4, -0.2) is 56.2 Å². The van der Waals surface area contributed by atoms with Gasteiger partial charge in [-0.2, -0.15) is 0 Å². The first-order chi connectivity index (χ1) is 10.6. The molecule has 0 unspecified atom stereocenters. The van der Waals surface area contributed by atoms with Gasteiger partial charge in [-0.25, -0.2) is 0 Å². The van der Waals surface area contributed by atoms with Gasteiger partial charge in [0.2, 0.25) is 0 Å². The number of rotatable bonds is 4. The van der Waals surface area contributed by atoms with E-state index in [2.05, 4.69) is 22.2 Å². The van der Waals surface area contributed by atoms with Crippen molar-refractivity contribution in [2.24, 2.45) is 0 Å². The van der Waals surface area contributed by atoms with Crippen LogP contribution in [0.4, 0.5) is 0 Å². The topological polar surface area (TPSA) is 66.6 Å². The summed E-state index contributed by atoms with van der Waals surface area (Å²) >= 11 is 0. The summed E-state index contributed by atoms with van der Waals surface area (Å²) in [6.45, 7) is 1.90. The molecule has 1 aromatic carbocycles. The molecule has 2 N–H and O–H groups in total. The zero-order valence-corrected chi connectivity index (χ0v) is 13.1. The summed E-state index contributed by atoms with van der Waals surface area (Å²) in [4.78, 5) is 17.8. The first-order valence-electron chi connectivity index (χ1n) is 7.35. The van der Waals surface area contributed by atoms with Crippen molar-refractivity contribution in [2.45, 2.75) is 12.5 Å². The summed E-state index contributed by atoms with van der Waals surface area (Å²) in [7, 11) is 5.28. The highest BCUT2D eigenvalue weighted by molar-refractivity contribution is 6.01. The molecule has 0 radical (unpaired) electrons. The maximum Gasteiger partial charge on any atom is 0.267 e. The fourth-order valence-electron chi connectivity index (χ4n) is 2.95. The second-order valence-electron chi connectivity index (χ2n) is 5.66. The Bertz CT molecular complexity index is 654. The number of aromatic nitrogens is 1. The number of ether oxygens (including phenoxy) is 2. The standard InChI is InChI=1S/C16H21N3O3/c1-19-7-6-10(9-19)17-16(20)12-8-11-13(21-2)4-5-14(22-3)15(11)18-12/h4-5,8,10,18H,6-7,9H2,1-3H3,(H,17,20)/t10-/m1/s1. The van der Waals surface area contributed by atoms with Gasteiger partial charge < -0.3 is 24.7 Å². The van der Waals surface area contributed by atoms with Crippen molar-refractivity contribution in [3.63, 3.8) is 0 Å². The number of amides is 1. The molecule has 6 nitrogen and oxygen atoms in total. The average Bonchev–Trinajstić information content (AvgIpc) is 3.12. The Hall–Kier alpha value is -2.21. The van der Waals surface area contributed by atoms with Crippen molar-refractivity contribution in [1.82, 2.24) is 15.2 Å². The van der Waals surface area contributed by atoms with E-state index in [4.69, 9.17) is 9.47 Å². The lowest BCUT2D eigenvalue weighted by atomic mass is 10.2. The molecule has 1 fully saturated rings. The van der Waals surface area contributed by atoms with E-state index >= 15 is 0 Å². The molecule has 1 amide bonds. The molecule has 118 valence electrons. The minimum Gasteiger partial charge on any atom is -0.496 e. The van der Waals surface area contributed by atoms with E-state index in [9.17, 15) is 4.79 Å². The second-order valence-corrected chi connectivity index (χ2v) is 5.66. The third-order valence-electron chi connectivity index (χ3n) is 4.13. The summed E-state index contributed by atoms with van der Waals surface area (Å²) in [5, 5.41) is 3.91. The van der Waals surface area contributed by atoms with Crippen LogP contribution in [-0.2, 0) is 0 Å². The van der Waals surface area contributed by atoms with Crippen LogP contribution in [0.25, 0.3) is 10.9 Å². The van der Waals surface area contributed by atoms with Crippen molar-refractivity contribution >= 4 is 16.8 Å².